The monoisotopic (exact) mass is 390 g/mol. The van der Waals surface area contributed by atoms with Gasteiger partial charge in [0, 0.05) is 37.9 Å². The summed E-state index contributed by atoms with van der Waals surface area (Å²) >= 11 is 0. The Kier molecular flexibility index (Phi) is 5.47. The second-order valence-corrected chi connectivity index (χ2v) is 7.17. The second-order valence-electron chi connectivity index (χ2n) is 7.17. The van der Waals surface area contributed by atoms with E-state index in [1.165, 1.54) is 23.4 Å². The van der Waals surface area contributed by atoms with Gasteiger partial charge in [-0.1, -0.05) is 24.3 Å². The highest BCUT2D eigenvalue weighted by molar-refractivity contribution is 5.91. The van der Waals surface area contributed by atoms with Gasteiger partial charge in [-0.15, -0.1) is 0 Å². The molecule has 2 aromatic carbocycles. The molecule has 1 aromatic heterocycles. The zero-order valence-corrected chi connectivity index (χ0v) is 16.3. The van der Waals surface area contributed by atoms with Crippen molar-refractivity contribution < 1.29 is 13.6 Å². The number of rotatable bonds is 4. The fourth-order valence-electron chi connectivity index (χ4n) is 3.52. The summed E-state index contributed by atoms with van der Waals surface area (Å²) in [6, 6.07) is 18.3. The van der Waals surface area contributed by atoms with Crippen LogP contribution in [0.1, 0.15) is 11.3 Å². The first kappa shape index (κ1) is 19.0. The van der Waals surface area contributed by atoms with E-state index in [9.17, 15) is 9.18 Å². The number of hydrogen-bond acceptors (Lipinski definition) is 3. The van der Waals surface area contributed by atoms with E-state index in [1.807, 2.05) is 4.90 Å². The van der Waals surface area contributed by atoms with Crippen LogP contribution in [0.2, 0.25) is 0 Å². The quantitative estimate of drug-likeness (QED) is 0.603. The molecule has 29 heavy (non-hydrogen) atoms. The van der Waals surface area contributed by atoms with Crippen LogP contribution in [0.3, 0.4) is 0 Å². The van der Waals surface area contributed by atoms with Crippen LogP contribution < -0.4 is 4.90 Å². The molecule has 0 unspecified atom stereocenters. The molecule has 0 saturated carbocycles. The molecular formula is C24H23FN2O2. The fourth-order valence-corrected chi connectivity index (χ4v) is 3.52. The van der Waals surface area contributed by atoms with Crippen LogP contribution in [0.5, 0.6) is 0 Å². The maximum absolute atomic E-state index is 13.9. The first-order chi connectivity index (χ1) is 14.1. The van der Waals surface area contributed by atoms with Crippen LogP contribution in [-0.4, -0.2) is 37.0 Å². The number of anilines is 1. The maximum atomic E-state index is 13.9. The number of hydrogen-bond donors (Lipinski definition) is 0. The standard InChI is InChI=1S/C24H23FN2O2/c1-18-5-4-6-19(17-18)26-13-15-27(16-14-26)24(28)12-10-20-9-11-23(29-20)21-7-2-3-8-22(21)25/h2-12,17H,13-16H2,1H3/b12-10+. The Hall–Kier alpha value is -3.34. The molecule has 0 radical (unpaired) electrons. The molecule has 4 rings (SSSR count). The van der Waals surface area contributed by atoms with E-state index in [4.69, 9.17) is 4.42 Å². The summed E-state index contributed by atoms with van der Waals surface area (Å²) in [5, 5.41) is 0. The first-order valence-corrected chi connectivity index (χ1v) is 9.73. The average molecular weight is 390 g/mol. The van der Waals surface area contributed by atoms with Crippen molar-refractivity contribution in [1.82, 2.24) is 4.90 Å². The van der Waals surface area contributed by atoms with Gasteiger partial charge in [0.05, 0.1) is 5.56 Å². The zero-order chi connectivity index (χ0) is 20.2. The molecule has 1 aliphatic heterocycles. The van der Waals surface area contributed by atoms with E-state index in [2.05, 4.69) is 36.1 Å². The lowest BCUT2D eigenvalue weighted by molar-refractivity contribution is -0.126. The number of piperazine rings is 1. The Balaban J connectivity index is 1.36. The summed E-state index contributed by atoms with van der Waals surface area (Å²) < 4.78 is 19.5. The van der Waals surface area contributed by atoms with E-state index in [0.29, 0.717) is 30.2 Å². The summed E-state index contributed by atoms with van der Waals surface area (Å²) in [6.07, 6.45) is 3.16. The van der Waals surface area contributed by atoms with Crippen molar-refractivity contribution in [2.45, 2.75) is 6.92 Å². The number of carbonyl (C=O) groups excluding carboxylic acids is 1. The minimum absolute atomic E-state index is 0.0438. The lowest BCUT2D eigenvalue weighted by Crippen LogP contribution is -2.48. The van der Waals surface area contributed by atoms with E-state index in [1.54, 1.807) is 36.4 Å². The SMILES string of the molecule is Cc1cccc(N2CCN(C(=O)/C=C/c3ccc(-c4ccccc4F)o3)CC2)c1. The Morgan fingerprint density at radius 2 is 1.79 bits per heavy atom. The minimum Gasteiger partial charge on any atom is -0.457 e. The maximum Gasteiger partial charge on any atom is 0.246 e. The molecule has 148 valence electrons. The van der Waals surface area contributed by atoms with Gasteiger partial charge in [0.25, 0.3) is 0 Å². The summed E-state index contributed by atoms with van der Waals surface area (Å²) in [7, 11) is 0. The highest BCUT2D eigenvalue weighted by atomic mass is 19.1. The molecular weight excluding hydrogens is 367 g/mol. The number of furan rings is 1. The van der Waals surface area contributed by atoms with Crippen molar-refractivity contribution in [3.05, 3.63) is 83.9 Å². The largest absolute Gasteiger partial charge is 0.457 e. The summed E-state index contributed by atoms with van der Waals surface area (Å²) in [6.45, 7) is 5.05. The molecule has 2 heterocycles. The van der Waals surface area contributed by atoms with Crippen LogP contribution in [0, 0.1) is 12.7 Å². The molecule has 0 bridgehead atoms. The third kappa shape index (κ3) is 4.40. The Morgan fingerprint density at radius 1 is 1.00 bits per heavy atom. The van der Waals surface area contributed by atoms with E-state index in [-0.39, 0.29) is 11.7 Å². The average Bonchev–Trinajstić information content (AvgIpc) is 3.21. The van der Waals surface area contributed by atoms with Gasteiger partial charge in [-0.05, 0) is 55.0 Å². The minimum atomic E-state index is -0.333. The van der Waals surface area contributed by atoms with Crippen molar-refractivity contribution in [3.63, 3.8) is 0 Å². The number of nitrogens with zero attached hydrogens (tertiary/aromatic N) is 2. The van der Waals surface area contributed by atoms with Crippen molar-refractivity contribution in [2.24, 2.45) is 0 Å². The Bertz CT molecular complexity index is 1030. The number of carbonyl (C=O) groups is 1. The number of aryl methyl sites for hydroxylation is 1. The normalized spacial score (nSPS) is 14.6. The molecule has 0 spiro atoms. The Morgan fingerprint density at radius 3 is 2.55 bits per heavy atom. The molecule has 1 aliphatic rings. The lowest BCUT2D eigenvalue weighted by atomic mass is 10.1. The smallest absolute Gasteiger partial charge is 0.246 e. The summed E-state index contributed by atoms with van der Waals surface area (Å²) in [5.74, 6) is 0.592. The van der Waals surface area contributed by atoms with Crippen LogP contribution in [0.4, 0.5) is 10.1 Å². The first-order valence-electron chi connectivity index (χ1n) is 9.73. The molecule has 3 aromatic rings. The van der Waals surface area contributed by atoms with Gasteiger partial charge in [-0.25, -0.2) is 4.39 Å². The third-order valence-electron chi connectivity index (χ3n) is 5.11. The second kappa shape index (κ2) is 8.35. The molecule has 1 amide bonds. The summed E-state index contributed by atoms with van der Waals surface area (Å²) in [4.78, 5) is 16.7. The van der Waals surface area contributed by atoms with Gasteiger partial charge in [0.2, 0.25) is 5.91 Å². The number of halogens is 1. The number of amides is 1. The van der Waals surface area contributed by atoms with Crippen LogP contribution >= 0.6 is 0 Å². The third-order valence-corrected chi connectivity index (χ3v) is 5.11. The molecule has 1 fully saturated rings. The molecule has 4 nitrogen and oxygen atoms in total. The van der Waals surface area contributed by atoms with Crippen molar-refractivity contribution in [1.29, 1.82) is 0 Å². The van der Waals surface area contributed by atoms with Gasteiger partial charge in [0.15, 0.2) is 0 Å². The predicted molar refractivity (Wildman–Crippen MR) is 113 cm³/mol. The molecule has 0 N–H and O–H groups in total. The van der Waals surface area contributed by atoms with E-state index >= 15 is 0 Å². The molecule has 5 heteroatoms. The highest BCUT2D eigenvalue weighted by Gasteiger charge is 2.20. The number of benzene rings is 2. The predicted octanol–water partition coefficient (Wildman–Crippen LogP) is 4.76. The topological polar surface area (TPSA) is 36.7 Å². The molecule has 0 aliphatic carbocycles. The zero-order valence-electron chi connectivity index (χ0n) is 16.3. The van der Waals surface area contributed by atoms with Gasteiger partial charge in [-0.3, -0.25) is 4.79 Å². The van der Waals surface area contributed by atoms with Crippen LogP contribution in [0.15, 0.2) is 71.2 Å². The van der Waals surface area contributed by atoms with Crippen LogP contribution in [0.25, 0.3) is 17.4 Å². The van der Waals surface area contributed by atoms with Crippen molar-refractivity contribution in [3.8, 4) is 11.3 Å². The van der Waals surface area contributed by atoms with Gasteiger partial charge >= 0.3 is 0 Å². The van der Waals surface area contributed by atoms with Crippen molar-refractivity contribution >= 4 is 17.7 Å². The van der Waals surface area contributed by atoms with Crippen molar-refractivity contribution in [2.75, 3.05) is 31.1 Å². The van der Waals surface area contributed by atoms with E-state index < -0.39 is 0 Å². The lowest BCUT2D eigenvalue weighted by Gasteiger charge is -2.35. The molecule has 1 saturated heterocycles. The fraction of sp³-hybridized carbons (Fsp3) is 0.208. The van der Waals surface area contributed by atoms with Gasteiger partial charge in [0.1, 0.15) is 17.3 Å². The Labute approximate surface area is 169 Å². The summed E-state index contributed by atoms with van der Waals surface area (Å²) in [5.41, 5.74) is 2.84. The van der Waals surface area contributed by atoms with Crippen LogP contribution in [-0.2, 0) is 4.79 Å². The van der Waals surface area contributed by atoms with Gasteiger partial charge in [-0.2, -0.15) is 0 Å². The van der Waals surface area contributed by atoms with E-state index in [0.717, 1.165) is 13.1 Å². The highest BCUT2D eigenvalue weighted by Crippen LogP contribution is 2.25. The van der Waals surface area contributed by atoms with Gasteiger partial charge < -0.3 is 14.2 Å². The molecule has 0 atom stereocenters.